The Morgan fingerprint density at radius 2 is 2.58 bits per heavy atom. The van der Waals surface area contributed by atoms with Crippen molar-refractivity contribution in [2.75, 3.05) is 6.54 Å². The molecule has 0 amide bonds. The van der Waals surface area contributed by atoms with E-state index in [4.69, 9.17) is 5.26 Å². The lowest BCUT2D eigenvalue weighted by Gasteiger charge is -2.05. The molecule has 0 radical (unpaired) electrons. The van der Waals surface area contributed by atoms with Crippen LogP contribution in [0.2, 0.25) is 0 Å². The van der Waals surface area contributed by atoms with Crippen LogP contribution < -0.4 is 5.32 Å². The zero-order valence-electron chi connectivity index (χ0n) is 6.71. The molecular formula is C9H10N2S. The highest BCUT2D eigenvalue weighted by Gasteiger charge is 2.16. The van der Waals surface area contributed by atoms with Gasteiger partial charge in [0.05, 0.1) is 0 Å². The van der Waals surface area contributed by atoms with Crippen molar-refractivity contribution < 1.29 is 0 Å². The molecule has 12 heavy (non-hydrogen) atoms. The van der Waals surface area contributed by atoms with Crippen LogP contribution in [0.5, 0.6) is 0 Å². The van der Waals surface area contributed by atoms with Gasteiger partial charge in [-0.3, -0.25) is 0 Å². The molecule has 2 rings (SSSR count). The smallest absolute Gasteiger partial charge is 0.110 e. The Labute approximate surface area is 75.8 Å². The van der Waals surface area contributed by atoms with E-state index in [2.05, 4.69) is 16.8 Å². The highest BCUT2D eigenvalue weighted by atomic mass is 32.1. The van der Waals surface area contributed by atoms with E-state index >= 15 is 0 Å². The fraction of sp³-hybridized carbons (Fsp3) is 0.444. The molecule has 1 aromatic rings. The topological polar surface area (TPSA) is 35.8 Å². The predicted molar refractivity (Wildman–Crippen MR) is 49.0 cm³/mol. The van der Waals surface area contributed by atoms with Crippen molar-refractivity contribution in [3.8, 4) is 6.07 Å². The van der Waals surface area contributed by atoms with E-state index in [1.165, 1.54) is 29.7 Å². The SMILES string of the molecule is N#Cc1cc([C@@H]2CCCN2)cs1. The third-order valence-corrected chi connectivity index (χ3v) is 3.05. The molecule has 3 heteroatoms. The lowest BCUT2D eigenvalue weighted by molar-refractivity contribution is 0.650. The molecule has 0 unspecified atom stereocenters. The Morgan fingerprint density at radius 1 is 1.67 bits per heavy atom. The summed E-state index contributed by atoms with van der Waals surface area (Å²) in [7, 11) is 0. The Kier molecular flexibility index (Phi) is 2.11. The molecule has 1 fully saturated rings. The van der Waals surface area contributed by atoms with Crippen LogP contribution in [0.1, 0.15) is 29.3 Å². The molecule has 1 aliphatic heterocycles. The average Bonchev–Trinajstić information content (AvgIpc) is 2.75. The number of nitriles is 1. The standard InChI is InChI=1S/C9H10N2S/c10-5-8-4-7(6-12-8)9-2-1-3-11-9/h4,6,9,11H,1-3H2/t9-/m0/s1. The molecule has 2 heterocycles. The van der Waals surface area contributed by atoms with Gasteiger partial charge in [-0.2, -0.15) is 5.26 Å². The monoisotopic (exact) mass is 178 g/mol. The molecule has 1 saturated heterocycles. The maximum atomic E-state index is 8.63. The van der Waals surface area contributed by atoms with Crippen molar-refractivity contribution in [2.45, 2.75) is 18.9 Å². The van der Waals surface area contributed by atoms with Crippen molar-refractivity contribution in [3.05, 3.63) is 21.9 Å². The molecule has 0 bridgehead atoms. The van der Waals surface area contributed by atoms with Gasteiger partial charge in [-0.25, -0.2) is 0 Å². The predicted octanol–water partition coefficient (Wildman–Crippen LogP) is 2.04. The Morgan fingerprint density at radius 3 is 3.17 bits per heavy atom. The minimum absolute atomic E-state index is 0.503. The van der Waals surface area contributed by atoms with E-state index in [-0.39, 0.29) is 0 Å². The van der Waals surface area contributed by atoms with Crippen LogP contribution in [-0.2, 0) is 0 Å². The maximum Gasteiger partial charge on any atom is 0.110 e. The van der Waals surface area contributed by atoms with E-state index in [1.54, 1.807) is 0 Å². The average molecular weight is 178 g/mol. The second-order valence-electron chi connectivity index (χ2n) is 3.01. The van der Waals surface area contributed by atoms with Crippen molar-refractivity contribution in [2.24, 2.45) is 0 Å². The summed E-state index contributed by atoms with van der Waals surface area (Å²) >= 11 is 1.54. The first-order chi connectivity index (χ1) is 5.90. The first-order valence-electron chi connectivity index (χ1n) is 4.12. The van der Waals surface area contributed by atoms with Crippen LogP contribution in [0.25, 0.3) is 0 Å². The van der Waals surface area contributed by atoms with Crippen LogP contribution in [0.15, 0.2) is 11.4 Å². The van der Waals surface area contributed by atoms with Crippen LogP contribution in [0.4, 0.5) is 0 Å². The van der Waals surface area contributed by atoms with Gasteiger partial charge in [-0.1, -0.05) is 0 Å². The summed E-state index contributed by atoms with van der Waals surface area (Å²) in [5.74, 6) is 0. The van der Waals surface area contributed by atoms with Crippen LogP contribution in [0.3, 0.4) is 0 Å². The van der Waals surface area contributed by atoms with E-state index in [0.717, 1.165) is 11.4 Å². The van der Waals surface area contributed by atoms with E-state index in [1.807, 2.05) is 6.07 Å². The molecule has 1 N–H and O–H groups in total. The zero-order valence-corrected chi connectivity index (χ0v) is 7.53. The summed E-state index contributed by atoms with van der Waals surface area (Å²) in [6.45, 7) is 1.11. The second kappa shape index (κ2) is 3.26. The van der Waals surface area contributed by atoms with Gasteiger partial charge < -0.3 is 5.32 Å². The summed E-state index contributed by atoms with van der Waals surface area (Å²) in [4.78, 5) is 0.818. The first-order valence-corrected chi connectivity index (χ1v) is 5.00. The molecule has 1 atom stereocenters. The summed E-state index contributed by atoms with van der Waals surface area (Å²) in [6.07, 6.45) is 2.46. The third kappa shape index (κ3) is 1.36. The Bertz CT molecular complexity index is 305. The van der Waals surface area contributed by atoms with Gasteiger partial charge in [0.15, 0.2) is 0 Å². The highest BCUT2D eigenvalue weighted by molar-refractivity contribution is 7.10. The molecular weight excluding hydrogens is 168 g/mol. The normalized spacial score (nSPS) is 22.4. The Balaban J connectivity index is 2.17. The fourth-order valence-electron chi connectivity index (χ4n) is 1.56. The molecule has 1 aromatic heterocycles. The van der Waals surface area contributed by atoms with Crippen molar-refractivity contribution in [1.82, 2.24) is 5.32 Å². The van der Waals surface area contributed by atoms with Crippen molar-refractivity contribution in [1.29, 1.82) is 5.26 Å². The lowest BCUT2D eigenvalue weighted by Crippen LogP contribution is -2.11. The number of rotatable bonds is 1. The lowest BCUT2D eigenvalue weighted by atomic mass is 10.1. The van der Waals surface area contributed by atoms with Gasteiger partial charge in [-0.05, 0) is 36.4 Å². The molecule has 0 aliphatic carbocycles. The van der Waals surface area contributed by atoms with E-state index in [0.29, 0.717) is 6.04 Å². The van der Waals surface area contributed by atoms with Gasteiger partial charge in [0.2, 0.25) is 0 Å². The Hall–Kier alpha value is -0.850. The molecule has 0 spiro atoms. The molecule has 0 aromatic carbocycles. The molecule has 0 saturated carbocycles. The minimum Gasteiger partial charge on any atom is -0.310 e. The maximum absolute atomic E-state index is 8.63. The highest BCUT2D eigenvalue weighted by Crippen LogP contribution is 2.26. The van der Waals surface area contributed by atoms with Gasteiger partial charge >= 0.3 is 0 Å². The van der Waals surface area contributed by atoms with Crippen molar-refractivity contribution in [3.63, 3.8) is 0 Å². The number of thiophene rings is 1. The van der Waals surface area contributed by atoms with Crippen LogP contribution in [0, 0.1) is 11.3 Å². The number of hydrogen-bond donors (Lipinski definition) is 1. The number of hydrogen-bond acceptors (Lipinski definition) is 3. The third-order valence-electron chi connectivity index (χ3n) is 2.19. The summed E-state index contributed by atoms with van der Waals surface area (Å²) in [5.41, 5.74) is 1.29. The minimum atomic E-state index is 0.503. The zero-order chi connectivity index (χ0) is 8.39. The molecule has 62 valence electrons. The van der Waals surface area contributed by atoms with Crippen LogP contribution in [-0.4, -0.2) is 6.54 Å². The fourth-order valence-corrected chi connectivity index (χ4v) is 2.31. The van der Waals surface area contributed by atoms with Crippen LogP contribution >= 0.6 is 11.3 Å². The van der Waals surface area contributed by atoms with Gasteiger partial charge in [-0.15, -0.1) is 11.3 Å². The number of nitrogens with one attached hydrogen (secondary N) is 1. The summed E-state index contributed by atoms with van der Waals surface area (Å²) < 4.78 is 0. The van der Waals surface area contributed by atoms with E-state index < -0.39 is 0 Å². The molecule has 2 nitrogen and oxygen atoms in total. The van der Waals surface area contributed by atoms with Gasteiger partial charge in [0.25, 0.3) is 0 Å². The van der Waals surface area contributed by atoms with Crippen molar-refractivity contribution >= 4 is 11.3 Å². The van der Waals surface area contributed by atoms with Gasteiger partial charge in [0.1, 0.15) is 10.9 Å². The quantitative estimate of drug-likeness (QED) is 0.714. The molecule has 1 aliphatic rings. The van der Waals surface area contributed by atoms with Gasteiger partial charge in [0, 0.05) is 6.04 Å². The summed E-state index contributed by atoms with van der Waals surface area (Å²) in [6, 6.07) is 4.66. The first kappa shape index (κ1) is 7.78. The number of nitrogens with zero attached hydrogens (tertiary/aromatic N) is 1. The second-order valence-corrected chi connectivity index (χ2v) is 3.92. The van der Waals surface area contributed by atoms with E-state index in [9.17, 15) is 0 Å². The summed E-state index contributed by atoms with van der Waals surface area (Å²) in [5, 5.41) is 14.1. The largest absolute Gasteiger partial charge is 0.310 e.